The van der Waals surface area contributed by atoms with Gasteiger partial charge in [-0.15, -0.1) is 0 Å². The summed E-state index contributed by atoms with van der Waals surface area (Å²) in [5.74, 6) is -14.4. The van der Waals surface area contributed by atoms with Gasteiger partial charge in [0, 0.05) is 0 Å². The molecular formula is C16H23Ca2NO16. The Balaban J connectivity index is -0.00000512. The van der Waals surface area contributed by atoms with Gasteiger partial charge in [-0.3, -0.25) is 24.0 Å². The standard InChI is InChI=1S/C16H19NO16.2Ca.4H/c17-6(12(25)33-11(24)5-16(31,14(28)29)3-8(20)21)1-9(22)32-10(23)4-15(30,13(26)27)2-7(18)19;;;;;;/h6,30-31H,1-5,17H2,(H,18,19)(H,20,21)(H,26,27)(H,28,29);;;;;;. The number of hydrogen-bond donors (Lipinski definition) is 7. The van der Waals surface area contributed by atoms with E-state index in [1.165, 1.54) is 0 Å². The second-order valence-corrected chi connectivity index (χ2v) is 6.62. The molecule has 8 N–H and O–H groups in total. The average molecular weight is 566 g/mol. The topological polar surface area (TPSA) is 302 Å². The molecule has 35 heavy (non-hydrogen) atoms. The minimum absolute atomic E-state index is 0. The number of nitrogens with two attached hydrogens (primary N) is 1. The summed E-state index contributed by atoms with van der Waals surface area (Å²) in [6.07, 6.45) is -6.93. The molecule has 0 amide bonds. The second-order valence-electron chi connectivity index (χ2n) is 6.62. The van der Waals surface area contributed by atoms with Crippen LogP contribution < -0.4 is 5.73 Å². The van der Waals surface area contributed by atoms with Crippen molar-refractivity contribution in [2.24, 2.45) is 5.73 Å². The van der Waals surface area contributed by atoms with Crippen molar-refractivity contribution in [2.45, 2.75) is 49.3 Å². The maximum atomic E-state index is 11.7. The van der Waals surface area contributed by atoms with Gasteiger partial charge in [-0.05, 0) is 0 Å². The summed E-state index contributed by atoms with van der Waals surface area (Å²) in [5, 5.41) is 54.2. The third-order valence-electron chi connectivity index (χ3n) is 3.69. The molecule has 0 aromatic carbocycles. The van der Waals surface area contributed by atoms with Crippen molar-refractivity contribution in [1.29, 1.82) is 0 Å². The van der Waals surface area contributed by atoms with Gasteiger partial charge in [-0.2, -0.15) is 0 Å². The third-order valence-corrected chi connectivity index (χ3v) is 3.69. The second kappa shape index (κ2) is 16.3. The van der Waals surface area contributed by atoms with Gasteiger partial charge in [0.05, 0.1) is 32.1 Å². The number of ether oxygens (including phenoxy) is 2. The molecule has 0 aliphatic carbocycles. The van der Waals surface area contributed by atoms with Crippen LogP contribution in [-0.2, 0) is 47.8 Å². The molecule has 0 saturated carbocycles. The van der Waals surface area contributed by atoms with Crippen LogP contribution in [0.2, 0.25) is 0 Å². The molecule has 17 nitrogen and oxygen atoms in total. The first-order valence-electron chi connectivity index (χ1n) is 8.50. The van der Waals surface area contributed by atoms with E-state index >= 15 is 0 Å². The number of carbonyl (C=O) groups excluding carboxylic acids is 4. The summed E-state index contributed by atoms with van der Waals surface area (Å²) in [4.78, 5) is 89.6. The quantitative estimate of drug-likeness (QED) is 0.0621. The zero-order valence-electron chi connectivity index (χ0n) is 16.5. The average Bonchev–Trinajstić information content (AvgIpc) is 2.58. The van der Waals surface area contributed by atoms with Crippen molar-refractivity contribution in [3.63, 3.8) is 0 Å². The number of aliphatic carboxylic acids is 4. The van der Waals surface area contributed by atoms with Crippen LogP contribution in [0.5, 0.6) is 0 Å². The van der Waals surface area contributed by atoms with E-state index in [9.17, 15) is 48.6 Å². The Kier molecular flexibility index (Phi) is 17.8. The fraction of sp³-hybridized carbons (Fsp3) is 0.500. The molecule has 0 aromatic rings. The van der Waals surface area contributed by atoms with Crippen molar-refractivity contribution in [2.75, 3.05) is 0 Å². The SMILES string of the molecule is NC(CC(=O)OC(=O)CC(O)(CC(=O)O)C(=O)O)C(=O)OC(=O)CC(O)(CC(=O)O)C(=O)O.[CaH2].[CaH2]. The van der Waals surface area contributed by atoms with Crippen LogP contribution in [0.25, 0.3) is 0 Å². The van der Waals surface area contributed by atoms with E-state index in [-0.39, 0.29) is 75.5 Å². The fourth-order valence-electron chi connectivity index (χ4n) is 2.10. The van der Waals surface area contributed by atoms with E-state index < -0.39 is 97.1 Å². The molecule has 3 unspecified atom stereocenters. The van der Waals surface area contributed by atoms with Crippen molar-refractivity contribution < 1.29 is 78.5 Å². The summed E-state index contributed by atoms with van der Waals surface area (Å²) < 4.78 is 8.22. The predicted octanol–water partition coefficient (Wildman–Crippen LogP) is -5.63. The summed E-state index contributed by atoms with van der Waals surface area (Å²) in [7, 11) is 0. The number of rotatable bonds is 13. The van der Waals surface area contributed by atoms with Crippen molar-refractivity contribution in [3.05, 3.63) is 0 Å². The van der Waals surface area contributed by atoms with Gasteiger partial charge in [-0.25, -0.2) is 14.4 Å². The first-order chi connectivity index (χ1) is 14.9. The molecule has 0 rings (SSSR count). The van der Waals surface area contributed by atoms with Crippen molar-refractivity contribution in [1.82, 2.24) is 0 Å². The zero-order chi connectivity index (χ0) is 26.1. The van der Waals surface area contributed by atoms with E-state index in [0.717, 1.165) is 0 Å². The Labute approximate surface area is 254 Å². The Bertz CT molecular complexity index is 876. The number of hydrogen-bond acceptors (Lipinski definition) is 13. The molecule has 0 radical (unpaired) electrons. The van der Waals surface area contributed by atoms with Gasteiger partial charge in [0.1, 0.15) is 6.04 Å². The molecule has 0 aliphatic heterocycles. The minimum atomic E-state index is -3.12. The molecule has 0 fully saturated rings. The van der Waals surface area contributed by atoms with Gasteiger partial charge >= 0.3 is 123 Å². The van der Waals surface area contributed by atoms with E-state index in [2.05, 4.69) is 9.47 Å². The van der Waals surface area contributed by atoms with Gasteiger partial charge in [-0.1, -0.05) is 0 Å². The van der Waals surface area contributed by atoms with Crippen LogP contribution in [-0.4, -0.2) is 171 Å². The molecule has 3 atom stereocenters. The molecule has 0 bridgehead atoms. The van der Waals surface area contributed by atoms with Gasteiger partial charge in [0.2, 0.25) is 0 Å². The monoisotopic (exact) mass is 565 g/mol. The Morgan fingerprint density at radius 1 is 0.629 bits per heavy atom. The predicted molar refractivity (Wildman–Crippen MR) is 111 cm³/mol. The number of carboxylic acid groups (broad SMARTS) is 4. The number of esters is 4. The van der Waals surface area contributed by atoms with Crippen LogP contribution in [0.15, 0.2) is 0 Å². The van der Waals surface area contributed by atoms with E-state index in [4.69, 9.17) is 26.2 Å². The Hall–Kier alpha value is -1.44. The first kappa shape index (κ1) is 38.1. The molecule has 0 aromatic heterocycles. The van der Waals surface area contributed by atoms with Crippen LogP contribution in [0.4, 0.5) is 0 Å². The molecule has 0 saturated heterocycles. The van der Waals surface area contributed by atoms with Crippen molar-refractivity contribution >= 4 is 123 Å². The summed E-state index contributed by atoms with van der Waals surface area (Å²) in [6, 6.07) is -2.00. The Morgan fingerprint density at radius 3 is 1.29 bits per heavy atom. The fourth-order valence-corrected chi connectivity index (χ4v) is 2.10. The molecule has 0 heterocycles. The molecular weight excluding hydrogens is 542 g/mol. The first-order valence-corrected chi connectivity index (χ1v) is 8.50. The van der Waals surface area contributed by atoms with Crippen LogP contribution in [0.3, 0.4) is 0 Å². The summed E-state index contributed by atoms with van der Waals surface area (Å²) >= 11 is 0. The van der Waals surface area contributed by atoms with Crippen molar-refractivity contribution in [3.8, 4) is 0 Å². The van der Waals surface area contributed by atoms with E-state index in [0.29, 0.717) is 0 Å². The third kappa shape index (κ3) is 14.0. The summed E-state index contributed by atoms with van der Waals surface area (Å²) in [5.41, 5.74) is -0.964. The van der Waals surface area contributed by atoms with E-state index in [1.807, 2.05) is 0 Å². The maximum absolute atomic E-state index is 11.7. The van der Waals surface area contributed by atoms with Gasteiger partial charge in [0.25, 0.3) is 0 Å². The normalized spacial score (nSPS) is 14.3. The molecule has 0 aliphatic rings. The van der Waals surface area contributed by atoms with Gasteiger partial charge < -0.3 is 45.8 Å². The van der Waals surface area contributed by atoms with E-state index in [1.54, 1.807) is 0 Å². The Morgan fingerprint density at radius 2 is 0.971 bits per heavy atom. The zero-order valence-corrected chi connectivity index (χ0v) is 16.5. The van der Waals surface area contributed by atoms with Gasteiger partial charge in [0.15, 0.2) is 11.2 Å². The number of carboxylic acids is 4. The molecule has 0 spiro atoms. The summed E-state index contributed by atoms with van der Waals surface area (Å²) in [6.45, 7) is 0. The molecule has 192 valence electrons. The number of carbonyl (C=O) groups is 8. The van der Waals surface area contributed by atoms with Crippen LogP contribution in [0.1, 0.15) is 32.1 Å². The molecule has 19 heteroatoms. The number of aliphatic hydroxyl groups is 2. The van der Waals surface area contributed by atoms with Crippen LogP contribution >= 0.6 is 0 Å². The van der Waals surface area contributed by atoms with Crippen LogP contribution in [0, 0.1) is 0 Å².